The summed E-state index contributed by atoms with van der Waals surface area (Å²) in [5.41, 5.74) is 0.108. The van der Waals surface area contributed by atoms with Crippen LogP contribution in [0.2, 0.25) is 0 Å². The van der Waals surface area contributed by atoms with Gasteiger partial charge in [0.1, 0.15) is 11.2 Å². The molecule has 20 heavy (non-hydrogen) atoms. The number of carboxylic acids is 1. The van der Waals surface area contributed by atoms with Gasteiger partial charge in [-0.2, -0.15) is 0 Å². The zero-order valence-electron chi connectivity index (χ0n) is 10.1. The minimum absolute atomic E-state index is 0.141. The van der Waals surface area contributed by atoms with Crippen LogP contribution in [0.25, 0.3) is 22.4 Å². The lowest BCUT2D eigenvalue weighted by atomic mass is 10.2. The maximum absolute atomic E-state index is 11.9. The monoisotopic (exact) mass is 268 g/mol. The van der Waals surface area contributed by atoms with Crippen LogP contribution in [-0.4, -0.2) is 31.0 Å². The zero-order valence-corrected chi connectivity index (χ0v) is 10.1. The van der Waals surface area contributed by atoms with E-state index in [2.05, 4.69) is 19.9 Å². The zero-order chi connectivity index (χ0) is 14.1. The fraction of sp³-hybridized carbons (Fsp3) is 0. The van der Waals surface area contributed by atoms with Crippen LogP contribution in [0.5, 0.6) is 0 Å². The molecule has 0 saturated carbocycles. The number of hydrogen-bond acceptors (Lipinski definition) is 5. The highest BCUT2D eigenvalue weighted by molar-refractivity contribution is 5.91. The van der Waals surface area contributed by atoms with Crippen molar-refractivity contribution in [1.29, 1.82) is 0 Å². The van der Waals surface area contributed by atoms with E-state index < -0.39 is 11.4 Å². The van der Waals surface area contributed by atoms with Gasteiger partial charge in [0.2, 0.25) is 5.43 Å². The van der Waals surface area contributed by atoms with Crippen LogP contribution in [0.1, 0.15) is 10.4 Å². The first kappa shape index (κ1) is 12.0. The highest BCUT2D eigenvalue weighted by Crippen LogP contribution is 2.14. The molecule has 0 spiro atoms. The lowest BCUT2D eigenvalue weighted by Crippen LogP contribution is -2.16. The number of aromatic carboxylic acids is 1. The van der Waals surface area contributed by atoms with Gasteiger partial charge in [0, 0.05) is 30.4 Å². The van der Waals surface area contributed by atoms with Crippen molar-refractivity contribution >= 4 is 17.0 Å². The van der Waals surface area contributed by atoms with Gasteiger partial charge in [-0.25, -0.2) is 14.8 Å². The van der Waals surface area contributed by atoms with Gasteiger partial charge >= 0.3 is 5.97 Å². The number of rotatable bonds is 2. The summed E-state index contributed by atoms with van der Waals surface area (Å²) in [6.07, 6.45) is 5.68. The highest BCUT2D eigenvalue weighted by atomic mass is 16.4. The highest BCUT2D eigenvalue weighted by Gasteiger charge is 2.13. The van der Waals surface area contributed by atoms with Gasteiger partial charge in [-0.05, 0) is 12.1 Å². The van der Waals surface area contributed by atoms with Gasteiger partial charge < -0.3 is 10.1 Å². The number of hydrogen-bond donors (Lipinski definition) is 2. The molecule has 7 heteroatoms. The van der Waals surface area contributed by atoms with Crippen molar-refractivity contribution in [2.45, 2.75) is 0 Å². The molecule has 0 aliphatic rings. The van der Waals surface area contributed by atoms with Crippen LogP contribution < -0.4 is 5.43 Å². The topological polar surface area (TPSA) is 109 Å². The van der Waals surface area contributed by atoms with Crippen LogP contribution in [0.15, 0.2) is 41.7 Å². The van der Waals surface area contributed by atoms with E-state index in [0.29, 0.717) is 11.5 Å². The van der Waals surface area contributed by atoms with Crippen LogP contribution in [0.3, 0.4) is 0 Å². The Morgan fingerprint density at radius 3 is 2.70 bits per heavy atom. The minimum atomic E-state index is -1.29. The molecule has 0 aliphatic carbocycles. The molecule has 0 radical (unpaired) electrons. The van der Waals surface area contributed by atoms with E-state index in [1.54, 1.807) is 24.5 Å². The van der Waals surface area contributed by atoms with Crippen LogP contribution in [0, 0.1) is 0 Å². The summed E-state index contributed by atoms with van der Waals surface area (Å²) in [5, 5.41) is 9.03. The molecular weight excluding hydrogens is 260 g/mol. The summed E-state index contributed by atoms with van der Waals surface area (Å²) >= 11 is 0. The molecule has 3 aromatic heterocycles. The van der Waals surface area contributed by atoms with E-state index in [-0.39, 0.29) is 10.9 Å². The number of pyridine rings is 2. The molecule has 0 atom stereocenters. The third-order valence-electron chi connectivity index (χ3n) is 2.80. The van der Waals surface area contributed by atoms with E-state index in [1.165, 1.54) is 6.20 Å². The summed E-state index contributed by atoms with van der Waals surface area (Å²) in [4.78, 5) is 37.7. The number of aromatic nitrogens is 4. The normalized spacial score (nSPS) is 10.6. The van der Waals surface area contributed by atoms with Crippen molar-refractivity contribution in [2.75, 3.05) is 0 Å². The van der Waals surface area contributed by atoms with E-state index in [9.17, 15) is 9.59 Å². The molecule has 0 bridgehead atoms. The predicted molar refractivity (Wildman–Crippen MR) is 70.3 cm³/mol. The second kappa shape index (κ2) is 4.54. The summed E-state index contributed by atoms with van der Waals surface area (Å²) in [6.45, 7) is 0. The average Bonchev–Trinajstić information content (AvgIpc) is 2.48. The van der Waals surface area contributed by atoms with E-state index >= 15 is 0 Å². The van der Waals surface area contributed by atoms with Crippen LogP contribution in [0.4, 0.5) is 0 Å². The number of H-pyrrole nitrogens is 1. The third-order valence-corrected chi connectivity index (χ3v) is 2.80. The van der Waals surface area contributed by atoms with Gasteiger partial charge in [0.15, 0.2) is 5.82 Å². The van der Waals surface area contributed by atoms with E-state index in [1.807, 2.05) is 0 Å². The molecule has 98 valence electrons. The quantitative estimate of drug-likeness (QED) is 0.719. The number of nitrogens with zero attached hydrogens (tertiary/aromatic N) is 3. The predicted octanol–water partition coefficient (Wildman–Crippen LogP) is 1.08. The molecule has 0 aliphatic heterocycles. The maximum Gasteiger partial charge on any atom is 0.341 e. The SMILES string of the molecule is O=C(O)c1c[nH]c2nc(-c3ccncc3)ncc2c1=O. The first-order chi connectivity index (χ1) is 9.66. The Labute approximate surface area is 112 Å². The van der Waals surface area contributed by atoms with Crippen molar-refractivity contribution in [2.24, 2.45) is 0 Å². The number of fused-ring (bicyclic) bond motifs is 1. The molecule has 7 nitrogen and oxygen atoms in total. The Bertz CT molecular complexity index is 858. The van der Waals surface area contributed by atoms with Crippen molar-refractivity contribution in [3.8, 4) is 11.4 Å². The molecule has 0 saturated heterocycles. The lowest BCUT2D eigenvalue weighted by Gasteiger charge is -2.02. The van der Waals surface area contributed by atoms with Crippen molar-refractivity contribution in [3.63, 3.8) is 0 Å². The molecule has 0 aromatic carbocycles. The molecule has 0 fully saturated rings. The number of carbonyl (C=O) groups is 1. The van der Waals surface area contributed by atoms with E-state index in [0.717, 1.165) is 11.8 Å². The Balaban J connectivity index is 2.22. The fourth-order valence-electron chi connectivity index (χ4n) is 1.81. The number of aromatic amines is 1. The summed E-state index contributed by atoms with van der Waals surface area (Å²) < 4.78 is 0. The minimum Gasteiger partial charge on any atom is -0.477 e. The second-order valence-corrected chi connectivity index (χ2v) is 4.03. The fourth-order valence-corrected chi connectivity index (χ4v) is 1.81. The second-order valence-electron chi connectivity index (χ2n) is 4.03. The Hall–Kier alpha value is -3.09. The largest absolute Gasteiger partial charge is 0.477 e. The summed E-state index contributed by atoms with van der Waals surface area (Å²) in [5.74, 6) is -0.856. The van der Waals surface area contributed by atoms with Gasteiger partial charge in [0.05, 0.1) is 5.39 Å². The van der Waals surface area contributed by atoms with Gasteiger partial charge in [-0.3, -0.25) is 9.78 Å². The molecule has 0 amide bonds. The maximum atomic E-state index is 11.9. The Morgan fingerprint density at radius 2 is 2.00 bits per heavy atom. The molecular formula is C13H8N4O3. The first-order valence-electron chi connectivity index (χ1n) is 5.69. The third kappa shape index (κ3) is 1.91. The summed E-state index contributed by atoms with van der Waals surface area (Å²) in [6, 6.07) is 3.48. The average molecular weight is 268 g/mol. The van der Waals surface area contributed by atoms with Gasteiger partial charge in [0.25, 0.3) is 0 Å². The van der Waals surface area contributed by atoms with Crippen molar-refractivity contribution in [1.82, 2.24) is 19.9 Å². The smallest absolute Gasteiger partial charge is 0.341 e. The summed E-state index contributed by atoms with van der Waals surface area (Å²) in [7, 11) is 0. The lowest BCUT2D eigenvalue weighted by molar-refractivity contribution is 0.0695. The molecule has 3 heterocycles. The number of carboxylic acid groups (broad SMARTS) is 1. The molecule has 3 aromatic rings. The molecule has 2 N–H and O–H groups in total. The van der Waals surface area contributed by atoms with Gasteiger partial charge in [-0.15, -0.1) is 0 Å². The molecule has 3 rings (SSSR count). The molecule has 0 unspecified atom stereocenters. The van der Waals surface area contributed by atoms with E-state index in [4.69, 9.17) is 5.11 Å². The van der Waals surface area contributed by atoms with Crippen molar-refractivity contribution < 1.29 is 9.90 Å². The Morgan fingerprint density at radius 1 is 1.25 bits per heavy atom. The van der Waals surface area contributed by atoms with Crippen LogP contribution in [-0.2, 0) is 0 Å². The Kier molecular flexibility index (Phi) is 2.72. The first-order valence-corrected chi connectivity index (χ1v) is 5.69. The van der Waals surface area contributed by atoms with Crippen molar-refractivity contribution in [3.05, 3.63) is 52.7 Å². The van der Waals surface area contributed by atoms with Crippen LogP contribution >= 0.6 is 0 Å². The standard InChI is InChI=1S/C13H8N4O3/c18-10-8-5-15-11(7-1-3-14-4-2-7)17-12(8)16-6-9(10)13(19)20/h1-6H,(H,19,20)(H,15,16,17,18). The number of nitrogens with one attached hydrogen (secondary N) is 1. The van der Waals surface area contributed by atoms with Gasteiger partial charge in [-0.1, -0.05) is 0 Å².